The molecule has 1 saturated carbocycles. The van der Waals surface area contributed by atoms with Crippen LogP contribution < -0.4 is 5.32 Å². The van der Waals surface area contributed by atoms with Crippen LogP contribution in [-0.4, -0.2) is 30.5 Å². The monoisotopic (exact) mass is 310 g/mol. The molecule has 1 aromatic carbocycles. The number of hydrogen-bond acceptors (Lipinski definition) is 4. The van der Waals surface area contributed by atoms with Gasteiger partial charge >= 0.3 is 0 Å². The van der Waals surface area contributed by atoms with Crippen LogP contribution >= 0.6 is 0 Å². The number of aryl methyl sites for hydroxylation is 1. The second kappa shape index (κ2) is 5.49. The van der Waals surface area contributed by atoms with Gasteiger partial charge in [0.2, 0.25) is 5.91 Å². The topological polar surface area (TPSA) is 77.6 Å². The van der Waals surface area contributed by atoms with E-state index in [4.69, 9.17) is 0 Å². The minimum atomic E-state index is -0.0924. The molecule has 1 amide bonds. The van der Waals surface area contributed by atoms with Crippen molar-refractivity contribution in [3.05, 3.63) is 42.5 Å². The lowest BCUT2D eigenvalue weighted by atomic mass is 10.1. The van der Waals surface area contributed by atoms with Crippen molar-refractivity contribution in [3.63, 3.8) is 0 Å². The molecule has 1 aliphatic rings. The maximum Gasteiger partial charge on any atom is 0.244 e. The fourth-order valence-electron chi connectivity index (χ4n) is 2.82. The van der Waals surface area contributed by atoms with Crippen LogP contribution in [0.3, 0.4) is 0 Å². The molecule has 2 aromatic heterocycles. The smallest absolute Gasteiger partial charge is 0.244 e. The summed E-state index contributed by atoms with van der Waals surface area (Å²) in [4.78, 5) is 18.2. The van der Waals surface area contributed by atoms with Crippen molar-refractivity contribution < 1.29 is 4.79 Å². The Labute approximate surface area is 133 Å². The zero-order valence-electron chi connectivity index (χ0n) is 12.9. The molecule has 0 unspecified atom stereocenters. The first-order valence-corrected chi connectivity index (χ1v) is 7.77. The third-order valence-electron chi connectivity index (χ3n) is 4.16. The molecule has 0 aliphatic heterocycles. The average Bonchev–Trinajstić information content (AvgIpc) is 3.16. The van der Waals surface area contributed by atoms with Gasteiger partial charge < -0.3 is 9.88 Å². The average molecular weight is 310 g/mol. The summed E-state index contributed by atoms with van der Waals surface area (Å²) >= 11 is 0. The normalized spacial score (nSPS) is 15.7. The minimum Gasteiger partial charge on any atom is -0.344 e. The number of benzene rings is 1. The Morgan fingerprint density at radius 3 is 2.57 bits per heavy atom. The number of amides is 1. The number of imidazole rings is 1. The Morgan fingerprint density at radius 2 is 2.00 bits per heavy atom. The lowest BCUT2D eigenvalue weighted by Crippen LogP contribution is -2.34. The third kappa shape index (κ3) is 2.81. The Kier molecular flexibility index (Phi) is 3.33. The van der Waals surface area contributed by atoms with Gasteiger partial charge in [-0.3, -0.25) is 4.79 Å². The number of aromatic nitrogens is 5. The molecule has 4 rings (SSSR count). The second-order valence-electron chi connectivity index (χ2n) is 6.00. The molecular formula is C16H18N6O. The van der Waals surface area contributed by atoms with E-state index in [1.54, 1.807) is 6.20 Å². The number of carbonyl (C=O) groups is 1. The van der Waals surface area contributed by atoms with E-state index in [0.29, 0.717) is 5.92 Å². The van der Waals surface area contributed by atoms with E-state index in [-0.39, 0.29) is 18.5 Å². The van der Waals surface area contributed by atoms with Crippen LogP contribution in [0.1, 0.15) is 24.7 Å². The van der Waals surface area contributed by atoms with Crippen LogP contribution in [0.15, 0.2) is 36.7 Å². The molecule has 0 radical (unpaired) electrons. The van der Waals surface area contributed by atoms with Gasteiger partial charge in [-0.05, 0) is 30.9 Å². The van der Waals surface area contributed by atoms with Gasteiger partial charge in [0.25, 0.3) is 0 Å². The van der Waals surface area contributed by atoms with Gasteiger partial charge in [-0.25, -0.2) is 4.98 Å². The number of carbonyl (C=O) groups excluding carboxylic acids is 1. The van der Waals surface area contributed by atoms with Gasteiger partial charge in [-0.15, -0.1) is 0 Å². The third-order valence-corrected chi connectivity index (χ3v) is 4.16. The fraction of sp³-hybridized carbons (Fsp3) is 0.375. The number of fused-ring (bicyclic) bond motifs is 1. The van der Waals surface area contributed by atoms with Crippen molar-refractivity contribution in [2.45, 2.75) is 25.4 Å². The van der Waals surface area contributed by atoms with Crippen LogP contribution in [0.5, 0.6) is 0 Å². The highest BCUT2D eigenvalue weighted by atomic mass is 16.2. The molecule has 118 valence electrons. The fourth-order valence-corrected chi connectivity index (χ4v) is 2.82. The Morgan fingerprint density at radius 1 is 1.30 bits per heavy atom. The van der Waals surface area contributed by atoms with Crippen molar-refractivity contribution in [1.82, 2.24) is 29.9 Å². The molecule has 1 atom stereocenters. The maximum absolute atomic E-state index is 12.4. The quantitative estimate of drug-likeness (QED) is 0.773. The molecular weight excluding hydrogens is 292 g/mol. The van der Waals surface area contributed by atoms with Crippen molar-refractivity contribution >= 4 is 16.9 Å². The molecule has 23 heavy (non-hydrogen) atoms. The molecule has 0 bridgehead atoms. The van der Waals surface area contributed by atoms with Crippen molar-refractivity contribution in [3.8, 4) is 0 Å². The molecule has 7 heteroatoms. The van der Waals surface area contributed by atoms with Gasteiger partial charge in [0, 0.05) is 19.4 Å². The van der Waals surface area contributed by atoms with Crippen LogP contribution in [-0.2, 0) is 18.4 Å². The Balaban J connectivity index is 1.49. The first-order chi connectivity index (χ1) is 11.2. The van der Waals surface area contributed by atoms with E-state index in [1.807, 2.05) is 42.1 Å². The number of nitrogens with zero attached hydrogens (tertiary/aromatic N) is 5. The summed E-state index contributed by atoms with van der Waals surface area (Å²) < 4.78 is 1.96. The highest BCUT2D eigenvalue weighted by Gasteiger charge is 2.35. The van der Waals surface area contributed by atoms with Gasteiger partial charge in [0.15, 0.2) is 0 Å². The summed E-state index contributed by atoms with van der Waals surface area (Å²) in [6.07, 6.45) is 5.92. The molecule has 0 saturated heterocycles. The number of rotatable bonds is 5. The van der Waals surface area contributed by atoms with Gasteiger partial charge in [0.05, 0.1) is 6.04 Å². The SMILES string of the molecule is Cn1ccnc1[C@@H](NC(=O)Cn1nc2ccccc2n1)C1CC1. The summed E-state index contributed by atoms with van der Waals surface area (Å²) in [5, 5.41) is 11.7. The predicted octanol–water partition coefficient (Wildman–Crippen LogP) is 1.43. The van der Waals surface area contributed by atoms with E-state index in [1.165, 1.54) is 4.80 Å². The molecule has 0 spiro atoms. The lowest BCUT2D eigenvalue weighted by molar-refractivity contribution is -0.123. The molecule has 3 aromatic rings. The van der Waals surface area contributed by atoms with Crippen molar-refractivity contribution in [1.29, 1.82) is 0 Å². The largest absolute Gasteiger partial charge is 0.344 e. The minimum absolute atomic E-state index is 0.0347. The zero-order chi connectivity index (χ0) is 15.8. The maximum atomic E-state index is 12.4. The predicted molar refractivity (Wildman–Crippen MR) is 84.3 cm³/mol. The first-order valence-electron chi connectivity index (χ1n) is 7.77. The zero-order valence-corrected chi connectivity index (χ0v) is 12.9. The summed E-state index contributed by atoms with van der Waals surface area (Å²) in [6, 6.07) is 7.56. The lowest BCUT2D eigenvalue weighted by Gasteiger charge is -2.17. The van der Waals surface area contributed by atoms with E-state index in [9.17, 15) is 4.79 Å². The van der Waals surface area contributed by atoms with Crippen LogP contribution in [0.2, 0.25) is 0 Å². The molecule has 1 N–H and O–H groups in total. The van der Waals surface area contributed by atoms with Crippen LogP contribution in [0, 0.1) is 5.92 Å². The van der Waals surface area contributed by atoms with E-state index < -0.39 is 0 Å². The highest BCUT2D eigenvalue weighted by molar-refractivity contribution is 5.77. The molecule has 1 aliphatic carbocycles. The van der Waals surface area contributed by atoms with E-state index >= 15 is 0 Å². The van der Waals surface area contributed by atoms with Gasteiger partial charge in [-0.2, -0.15) is 15.0 Å². The molecule has 1 fully saturated rings. The summed E-state index contributed by atoms with van der Waals surface area (Å²) in [5.41, 5.74) is 1.59. The van der Waals surface area contributed by atoms with Crippen LogP contribution in [0.25, 0.3) is 11.0 Å². The van der Waals surface area contributed by atoms with E-state index in [2.05, 4.69) is 20.5 Å². The standard InChI is InChI=1S/C16H18N6O/c1-21-9-8-17-16(21)15(11-6-7-11)18-14(23)10-22-19-12-4-2-3-5-13(12)20-22/h2-5,8-9,11,15H,6-7,10H2,1H3,(H,18,23)/t15-/m0/s1. The number of hydrogen-bond donors (Lipinski definition) is 1. The van der Waals surface area contributed by atoms with Crippen molar-refractivity contribution in [2.24, 2.45) is 13.0 Å². The van der Waals surface area contributed by atoms with E-state index in [0.717, 1.165) is 29.7 Å². The molecule has 7 nitrogen and oxygen atoms in total. The second-order valence-corrected chi connectivity index (χ2v) is 6.00. The number of nitrogens with one attached hydrogen (secondary N) is 1. The summed E-state index contributed by atoms with van der Waals surface area (Å²) in [7, 11) is 1.95. The first kappa shape index (κ1) is 13.9. The Bertz CT molecular complexity index is 814. The summed E-state index contributed by atoms with van der Waals surface area (Å²) in [6.45, 7) is 0.113. The molecule has 2 heterocycles. The van der Waals surface area contributed by atoms with Gasteiger partial charge in [-0.1, -0.05) is 12.1 Å². The van der Waals surface area contributed by atoms with Crippen molar-refractivity contribution in [2.75, 3.05) is 0 Å². The highest BCUT2D eigenvalue weighted by Crippen LogP contribution is 2.40. The van der Waals surface area contributed by atoms with Gasteiger partial charge in [0.1, 0.15) is 23.4 Å². The van der Waals surface area contributed by atoms with Crippen LogP contribution in [0.4, 0.5) is 0 Å². The Hall–Kier alpha value is -2.70. The summed E-state index contributed by atoms with van der Waals surface area (Å²) in [5.74, 6) is 1.29.